The largest absolute Gasteiger partial charge is 0.383 e. The number of methoxy groups -OCH3 is 1. The Morgan fingerprint density at radius 3 is 2.53 bits per heavy atom. The number of nitrogens with one attached hydrogen (secondary N) is 2. The van der Waals surface area contributed by atoms with Crippen molar-refractivity contribution in [3.63, 3.8) is 0 Å². The van der Waals surface area contributed by atoms with E-state index in [0.717, 1.165) is 43.7 Å². The molecule has 1 aliphatic carbocycles. The minimum absolute atomic E-state index is 0.0238. The summed E-state index contributed by atoms with van der Waals surface area (Å²) in [6.07, 6.45) is 5.84. The van der Waals surface area contributed by atoms with Gasteiger partial charge in [0.1, 0.15) is 11.6 Å². The molecule has 2 fully saturated rings. The van der Waals surface area contributed by atoms with Crippen LogP contribution in [0.15, 0.2) is 41.3 Å². The second kappa shape index (κ2) is 11.4. The van der Waals surface area contributed by atoms with E-state index >= 15 is 0 Å². The molecule has 36 heavy (non-hydrogen) atoms. The van der Waals surface area contributed by atoms with E-state index in [1.807, 2.05) is 11.0 Å². The molecule has 0 bridgehead atoms. The molecule has 1 aromatic heterocycles. The molecule has 1 aliphatic heterocycles. The van der Waals surface area contributed by atoms with E-state index in [2.05, 4.69) is 9.71 Å². The Hall–Kier alpha value is -2.34. The molecule has 1 aromatic carbocycles. The van der Waals surface area contributed by atoms with Crippen LogP contribution < -0.4 is 15.1 Å². The molecule has 8 nitrogen and oxygen atoms in total. The van der Waals surface area contributed by atoms with Gasteiger partial charge in [-0.3, -0.25) is 4.79 Å². The van der Waals surface area contributed by atoms with Crippen molar-refractivity contribution in [2.45, 2.75) is 62.3 Å². The molecule has 0 radical (unpaired) electrons. The molecule has 0 unspecified atom stereocenters. The summed E-state index contributed by atoms with van der Waals surface area (Å²) in [4.78, 5) is 16.7. The van der Waals surface area contributed by atoms with Crippen LogP contribution in [0, 0.1) is 11.6 Å². The molecule has 0 spiro atoms. The highest BCUT2D eigenvalue weighted by Gasteiger charge is 2.43. The molecule has 1 saturated carbocycles. The maximum absolute atomic E-state index is 13.7. The smallest absolute Gasteiger partial charge is 0.219 e. The maximum Gasteiger partial charge on any atom is 0.219 e. The van der Waals surface area contributed by atoms with Crippen LogP contribution in [0.3, 0.4) is 0 Å². The van der Waals surface area contributed by atoms with Crippen LogP contribution in [-0.2, 0) is 19.5 Å². The Morgan fingerprint density at radius 2 is 1.89 bits per heavy atom. The Bertz CT molecular complexity index is 1200. The average molecular weight is 526 g/mol. The highest BCUT2D eigenvalue weighted by atomic mass is 32.2. The van der Waals surface area contributed by atoms with Gasteiger partial charge in [0.15, 0.2) is 5.82 Å². The summed E-state index contributed by atoms with van der Waals surface area (Å²) < 4.78 is 65.9. The molecule has 4 rings (SSSR count). The second-order valence-corrected chi connectivity index (χ2v) is 11.5. The molecular weight excluding hydrogens is 492 g/mol. The van der Waals surface area contributed by atoms with Gasteiger partial charge in [-0.05, 0) is 55.7 Å². The first-order valence-corrected chi connectivity index (χ1v) is 14.0. The summed E-state index contributed by atoms with van der Waals surface area (Å²) in [5.41, 5.74) is 0.241. The Kier molecular flexibility index (Phi) is 8.44. The van der Waals surface area contributed by atoms with Crippen molar-refractivity contribution in [2.24, 2.45) is 0 Å². The number of benzene rings is 1. The van der Waals surface area contributed by atoms with E-state index in [1.165, 1.54) is 12.1 Å². The highest BCUT2D eigenvalue weighted by Crippen LogP contribution is 2.35. The third-order valence-corrected chi connectivity index (χ3v) is 7.82. The zero-order valence-electron chi connectivity index (χ0n) is 20.5. The number of nitrogens with zero attached hydrogens (tertiary/aromatic N) is 1. The molecule has 11 heteroatoms. The van der Waals surface area contributed by atoms with Gasteiger partial charge in [0.05, 0.1) is 37.7 Å². The van der Waals surface area contributed by atoms with Gasteiger partial charge in [-0.2, -0.15) is 0 Å². The Morgan fingerprint density at radius 1 is 1.14 bits per heavy atom. The summed E-state index contributed by atoms with van der Waals surface area (Å²) in [5.74, 6) is -0.473. The number of pyridine rings is 1. The van der Waals surface area contributed by atoms with Crippen molar-refractivity contribution in [3.05, 3.63) is 63.9 Å². The molecular formula is C25H33F2N3O5S. The van der Waals surface area contributed by atoms with E-state index in [1.54, 1.807) is 19.2 Å². The van der Waals surface area contributed by atoms with Crippen LogP contribution >= 0.6 is 0 Å². The topological polar surface area (TPSA) is 101 Å². The molecule has 2 aliphatic rings. The lowest BCUT2D eigenvalue weighted by Crippen LogP contribution is -2.49. The maximum atomic E-state index is 13.7. The van der Waals surface area contributed by atoms with Gasteiger partial charge in [0, 0.05) is 25.4 Å². The van der Waals surface area contributed by atoms with Gasteiger partial charge in [-0.25, -0.2) is 21.9 Å². The Labute approximate surface area is 210 Å². The van der Waals surface area contributed by atoms with Crippen molar-refractivity contribution in [2.75, 3.05) is 31.5 Å². The normalized spacial score (nSPS) is 26.9. The first kappa shape index (κ1) is 26.7. The predicted molar refractivity (Wildman–Crippen MR) is 133 cm³/mol. The third kappa shape index (κ3) is 6.50. The summed E-state index contributed by atoms with van der Waals surface area (Å²) in [7, 11) is -1.97. The number of hydrogen-bond acceptors (Lipinski definition) is 6. The van der Waals surface area contributed by atoms with Crippen LogP contribution in [-0.4, -0.2) is 64.2 Å². The van der Waals surface area contributed by atoms with Crippen LogP contribution in [0.4, 0.5) is 14.6 Å². The van der Waals surface area contributed by atoms with Gasteiger partial charge >= 0.3 is 0 Å². The number of aromatic nitrogens is 1. The molecule has 1 saturated heterocycles. The molecule has 0 amide bonds. The summed E-state index contributed by atoms with van der Waals surface area (Å²) in [6.45, 7) is 0.499. The summed E-state index contributed by atoms with van der Waals surface area (Å²) in [6, 6.07) is 6.70. The number of anilines is 1. The quantitative estimate of drug-likeness (QED) is 0.522. The third-order valence-electron chi connectivity index (χ3n) is 7.09. The zero-order chi connectivity index (χ0) is 25.9. The number of rotatable bonds is 9. The molecule has 2 heterocycles. The van der Waals surface area contributed by atoms with E-state index < -0.39 is 33.4 Å². The molecule has 3 atom stereocenters. The minimum Gasteiger partial charge on any atom is -0.383 e. The monoisotopic (exact) mass is 525 g/mol. The van der Waals surface area contributed by atoms with Crippen molar-refractivity contribution < 1.29 is 26.7 Å². The highest BCUT2D eigenvalue weighted by molar-refractivity contribution is 7.88. The number of halogens is 2. The fraction of sp³-hybridized carbons (Fsp3) is 0.560. The van der Waals surface area contributed by atoms with Crippen LogP contribution in [0.2, 0.25) is 0 Å². The fourth-order valence-corrected chi connectivity index (χ4v) is 6.30. The second-order valence-electron chi connectivity index (χ2n) is 9.71. The zero-order valence-corrected chi connectivity index (χ0v) is 21.3. The van der Waals surface area contributed by atoms with Crippen molar-refractivity contribution in [1.29, 1.82) is 0 Å². The van der Waals surface area contributed by atoms with Crippen molar-refractivity contribution >= 4 is 15.8 Å². The van der Waals surface area contributed by atoms with E-state index in [-0.39, 0.29) is 37.1 Å². The average Bonchev–Trinajstić information content (AvgIpc) is 3.15. The van der Waals surface area contributed by atoms with Gasteiger partial charge in [-0.1, -0.05) is 12.1 Å². The number of H-pyrrole nitrogens is 1. The van der Waals surface area contributed by atoms with Crippen LogP contribution in [0.1, 0.15) is 43.6 Å². The van der Waals surface area contributed by atoms with Crippen LogP contribution in [0.5, 0.6) is 0 Å². The van der Waals surface area contributed by atoms with E-state index in [9.17, 15) is 22.0 Å². The summed E-state index contributed by atoms with van der Waals surface area (Å²) >= 11 is 0. The molecule has 2 N–H and O–H groups in total. The summed E-state index contributed by atoms with van der Waals surface area (Å²) in [5, 5.41) is 0. The lowest BCUT2D eigenvalue weighted by Gasteiger charge is -2.35. The van der Waals surface area contributed by atoms with E-state index in [4.69, 9.17) is 9.47 Å². The predicted octanol–water partition coefficient (Wildman–Crippen LogP) is 2.91. The van der Waals surface area contributed by atoms with Gasteiger partial charge in [-0.15, -0.1) is 0 Å². The Balaban J connectivity index is 1.49. The number of aromatic amines is 1. The minimum atomic E-state index is -3.52. The van der Waals surface area contributed by atoms with Crippen molar-refractivity contribution in [3.8, 4) is 0 Å². The van der Waals surface area contributed by atoms with Gasteiger partial charge < -0.3 is 19.4 Å². The molecule has 2 aromatic rings. The molecule has 198 valence electrons. The fourth-order valence-electron chi connectivity index (χ4n) is 5.49. The standard InChI is InChI=1S/C25H33F2N3O5S/c1-34-14-19-11-22(29-36(2,32)33)23(30(19)25-12-24(31)21(27)13-28-25)15-35-20-8-6-16(7-9-20)17-4-3-5-18(26)10-17/h3-5,10,12-13,16,19-20,22-23,29H,6-9,11,14-15H2,1-2H3,(H,28,31)/t16?,19-,20?,22-,23-/m0/s1. The van der Waals surface area contributed by atoms with E-state index in [0.29, 0.717) is 12.2 Å². The first-order valence-electron chi connectivity index (χ1n) is 12.1. The van der Waals surface area contributed by atoms with Crippen LogP contribution in [0.25, 0.3) is 0 Å². The number of ether oxygens (including phenoxy) is 2. The van der Waals surface area contributed by atoms with Gasteiger partial charge in [0.2, 0.25) is 15.5 Å². The van der Waals surface area contributed by atoms with Crippen molar-refractivity contribution in [1.82, 2.24) is 9.71 Å². The lowest BCUT2D eigenvalue weighted by atomic mass is 9.82. The number of hydrogen-bond donors (Lipinski definition) is 2. The lowest BCUT2D eigenvalue weighted by molar-refractivity contribution is 0.0152. The van der Waals surface area contributed by atoms with Gasteiger partial charge in [0.25, 0.3) is 0 Å². The number of sulfonamides is 1. The SMILES string of the molecule is COC[C@@H]1C[C@H](NS(C)(=O)=O)[C@H](COC2CCC(c3cccc(F)c3)CC2)N1c1cc(=O)c(F)c[nH]1. The first-order chi connectivity index (χ1) is 17.1.